The van der Waals surface area contributed by atoms with Crippen LogP contribution < -0.4 is 5.32 Å². The maximum Gasteiger partial charge on any atom is 0.112 e. The van der Waals surface area contributed by atoms with Crippen molar-refractivity contribution >= 4 is 33.0 Å². The number of aromatic nitrogens is 1. The molecule has 0 fully saturated rings. The van der Waals surface area contributed by atoms with Crippen LogP contribution in [-0.2, 0) is 6.54 Å². The normalized spacial score (nSPS) is 10.3. The Kier molecular flexibility index (Phi) is 3.38. The van der Waals surface area contributed by atoms with Gasteiger partial charge in [0, 0.05) is 21.7 Å². The molecule has 0 aliphatic carbocycles. The van der Waals surface area contributed by atoms with Crippen LogP contribution in [0.3, 0.4) is 0 Å². The Bertz CT molecular complexity index is 440. The summed E-state index contributed by atoms with van der Waals surface area (Å²) in [6.07, 6.45) is 1.83. The second-order valence-electron chi connectivity index (χ2n) is 3.26. The van der Waals surface area contributed by atoms with E-state index in [1.165, 1.54) is 5.56 Å². The highest BCUT2D eigenvalue weighted by Gasteiger charge is 2.00. The van der Waals surface area contributed by atoms with E-state index in [0.29, 0.717) is 0 Å². The first kappa shape index (κ1) is 10.6. The van der Waals surface area contributed by atoms with Crippen molar-refractivity contribution in [1.82, 2.24) is 4.98 Å². The second-order valence-corrected chi connectivity index (χ2v) is 5.10. The third-order valence-corrected chi connectivity index (χ3v) is 3.47. The topological polar surface area (TPSA) is 24.9 Å². The summed E-state index contributed by atoms with van der Waals surface area (Å²) in [5.74, 6) is 0. The minimum atomic E-state index is 0.777. The average Bonchev–Trinajstić information content (AvgIpc) is 2.69. The molecule has 2 nitrogen and oxygen atoms in total. The van der Waals surface area contributed by atoms with Crippen LogP contribution in [0, 0.1) is 6.92 Å². The molecule has 1 aromatic heterocycles. The number of aryl methyl sites for hydroxylation is 1. The lowest BCUT2D eigenvalue weighted by atomic mass is 10.2. The zero-order chi connectivity index (χ0) is 10.7. The van der Waals surface area contributed by atoms with E-state index < -0.39 is 0 Å². The Hall–Kier alpha value is -0.870. The molecule has 0 unspecified atom stereocenters. The number of benzene rings is 1. The Labute approximate surface area is 101 Å². The molecule has 4 heteroatoms. The Morgan fingerprint density at radius 1 is 1.47 bits per heavy atom. The molecule has 78 valence electrons. The van der Waals surface area contributed by atoms with E-state index in [2.05, 4.69) is 51.4 Å². The fourth-order valence-electron chi connectivity index (χ4n) is 1.27. The maximum atomic E-state index is 4.22. The summed E-state index contributed by atoms with van der Waals surface area (Å²) in [5, 5.41) is 6.43. The third kappa shape index (κ3) is 2.79. The SMILES string of the molecule is Cc1ccc(NCc2nccs2)c(Br)c1. The molecule has 1 N–H and O–H groups in total. The zero-order valence-corrected chi connectivity index (χ0v) is 10.7. The fraction of sp³-hybridized carbons (Fsp3) is 0.182. The molecule has 0 saturated heterocycles. The summed E-state index contributed by atoms with van der Waals surface area (Å²) in [7, 11) is 0. The van der Waals surface area contributed by atoms with Crippen molar-refractivity contribution in [2.75, 3.05) is 5.32 Å². The summed E-state index contributed by atoms with van der Waals surface area (Å²) < 4.78 is 1.10. The van der Waals surface area contributed by atoms with Crippen LogP contribution in [0.1, 0.15) is 10.6 Å². The lowest BCUT2D eigenvalue weighted by molar-refractivity contribution is 1.10. The van der Waals surface area contributed by atoms with Gasteiger partial charge < -0.3 is 5.32 Å². The van der Waals surface area contributed by atoms with Crippen LogP contribution in [-0.4, -0.2) is 4.98 Å². The van der Waals surface area contributed by atoms with Gasteiger partial charge in [-0.1, -0.05) is 6.07 Å². The lowest BCUT2D eigenvalue weighted by Gasteiger charge is -2.07. The number of hydrogen-bond acceptors (Lipinski definition) is 3. The molecule has 15 heavy (non-hydrogen) atoms. The molecular weight excluding hydrogens is 272 g/mol. The molecule has 0 spiro atoms. The van der Waals surface area contributed by atoms with E-state index in [1.54, 1.807) is 11.3 Å². The van der Waals surface area contributed by atoms with Crippen molar-refractivity contribution in [2.24, 2.45) is 0 Å². The molecule has 0 aliphatic rings. The molecule has 1 aromatic carbocycles. The third-order valence-electron chi connectivity index (χ3n) is 2.04. The van der Waals surface area contributed by atoms with Crippen molar-refractivity contribution in [2.45, 2.75) is 13.5 Å². The van der Waals surface area contributed by atoms with Gasteiger partial charge in [-0.15, -0.1) is 11.3 Å². The van der Waals surface area contributed by atoms with Gasteiger partial charge in [0.2, 0.25) is 0 Å². The zero-order valence-electron chi connectivity index (χ0n) is 8.33. The first-order valence-corrected chi connectivity index (χ1v) is 6.31. The molecule has 0 saturated carbocycles. The summed E-state index contributed by atoms with van der Waals surface area (Å²) in [5.41, 5.74) is 2.36. The lowest BCUT2D eigenvalue weighted by Crippen LogP contribution is -1.99. The minimum Gasteiger partial charge on any atom is -0.378 e. The molecule has 0 bridgehead atoms. The van der Waals surface area contributed by atoms with Crippen LogP contribution in [0.2, 0.25) is 0 Å². The van der Waals surface area contributed by atoms with E-state index in [4.69, 9.17) is 0 Å². The molecule has 2 rings (SSSR count). The number of thiazole rings is 1. The van der Waals surface area contributed by atoms with Gasteiger partial charge in [-0.05, 0) is 40.5 Å². The van der Waals surface area contributed by atoms with Gasteiger partial charge in [-0.25, -0.2) is 4.98 Å². The molecule has 0 aliphatic heterocycles. The molecule has 0 radical (unpaired) electrons. The first-order chi connectivity index (χ1) is 7.25. The second kappa shape index (κ2) is 4.77. The van der Waals surface area contributed by atoms with Gasteiger partial charge in [-0.2, -0.15) is 0 Å². The van der Waals surface area contributed by atoms with E-state index in [-0.39, 0.29) is 0 Å². The predicted octanol–water partition coefficient (Wildman–Crippen LogP) is 3.83. The Morgan fingerprint density at radius 2 is 2.33 bits per heavy atom. The van der Waals surface area contributed by atoms with Crippen LogP contribution in [0.5, 0.6) is 0 Å². The number of nitrogens with zero attached hydrogens (tertiary/aromatic N) is 1. The summed E-state index contributed by atoms with van der Waals surface area (Å²) in [6.45, 7) is 2.86. The van der Waals surface area contributed by atoms with Crippen LogP contribution in [0.25, 0.3) is 0 Å². The quantitative estimate of drug-likeness (QED) is 0.926. The van der Waals surface area contributed by atoms with Crippen LogP contribution in [0.4, 0.5) is 5.69 Å². The van der Waals surface area contributed by atoms with Crippen molar-refractivity contribution in [3.05, 3.63) is 44.8 Å². The number of hydrogen-bond donors (Lipinski definition) is 1. The number of nitrogens with one attached hydrogen (secondary N) is 1. The molecule has 0 atom stereocenters. The van der Waals surface area contributed by atoms with E-state index in [9.17, 15) is 0 Å². The monoisotopic (exact) mass is 282 g/mol. The minimum absolute atomic E-state index is 0.777. The Morgan fingerprint density at radius 3 is 3.00 bits per heavy atom. The maximum absolute atomic E-state index is 4.22. The standard InChI is InChI=1S/C11H11BrN2S/c1-8-2-3-10(9(12)6-8)14-7-11-13-4-5-15-11/h2-6,14H,7H2,1H3. The molecule has 2 aromatic rings. The smallest absolute Gasteiger partial charge is 0.112 e. The van der Waals surface area contributed by atoms with E-state index in [0.717, 1.165) is 21.7 Å². The van der Waals surface area contributed by atoms with Gasteiger partial charge in [0.25, 0.3) is 0 Å². The highest BCUT2D eigenvalue weighted by atomic mass is 79.9. The van der Waals surface area contributed by atoms with E-state index >= 15 is 0 Å². The van der Waals surface area contributed by atoms with Crippen molar-refractivity contribution < 1.29 is 0 Å². The van der Waals surface area contributed by atoms with Gasteiger partial charge in [-0.3, -0.25) is 0 Å². The largest absolute Gasteiger partial charge is 0.378 e. The Balaban J connectivity index is 2.05. The van der Waals surface area contributed by atoms with Gasteiger partial charge in [0.15, 0.2) is 0 Å². The van der Waals surface area contributed by atoms with Crippen molar-refractivity contribution in [1.29, 1.82) is 0 Å². The predicted molar refractivity (Wildman–Crippen MR) is 68.3 cm³/mol. The highest BCUT2D eigenvalue weighted by molar-refractivity contribution is 9.10. The molecular formula is C11H11BrN2S. The number of halogens is 1. The van der Waals surface area contributed by atoms with Gasteiger partial charge in [0.1, 0.15) is 5.01 Å². The summed E-state index contributed by atoms with van der Waals surface area (Å²) in [4.78, 5) is 4.22. The van der Waals surface area contributed by atoms with E-state index in [1.807, 2.05) is 11.6 Å². The average molecular weight is 283 g/mol. The number of rotatable bonds is 3. The van der Waals surface area contributed by atoms with Gasteiger partial charge in [0.05, 0.1) is 6.54 Å². The fourth-order valence-corrected chi connectivity index (χ4v) is 2.46. The highest BCUT2D eigenvalue weighted by Crippen LogP contribution is 2.23. The number of anilines is 1. The van der Waals surface area contributed by atoms with Crippen molar-refractivity contribution in [3.8, 4) is 0 Å². The molecule has 0 amide bonds. The summed E-state index contributed by atoms with van der Waals surface area (Å²) >= 11 is 5.19. The molecule has 1 heterocycles. The first-order valence-electron chi connectivity index (χ1n) is 4.64. The van der Waals surface area contributed by atoms with Gasteiger partial charge >= 0.3 is 0 Å². The van der Waals surface area contributed by atoms with Crippen molar-refractivity contribution in [3.63, 3.8) is 0 Å². The van der Waals surface area contributed by atoms with Crippen LogP contribution >= 0.6 is 27.3 Å². The van der Waals surface area contributed by atoms with Crippen LogP contribution in [0.15, 0.2) is 34.2 Å². The summed E-state index contributed by atoms with van der Waals surface area (Å²) in [6, 6.07) is 6.27.